The maximum atomic E-state index is 6.15. The maximum Gasteiger partial charge on any atom is 0.0500 e. The normalized spacial score (nSPS) is 12.4. The van der Waals surface area contributed by atoms with E-state index in [1.54, 1.807) is 0 Å². The van der Waals surface area contributed by atoms with Crippen molar-refractivity contribution < 1.29 is 0 Å². The van der Waals surface area contributed by atoms with E-state index in [4.69, 9.17) is 29.0 Å². The molecule has 0 aliphatic heterocycles. The summed E-state index contributed by atoms with van der Waals surface area (Å²) in [7, 11) is 0. The maximum absolute atomic E-state index is 6.15. The summed E-state index contributed by atoms with van der Waals surface area (Å²) in [6, 6.07) is 13.8. The minimum atomic E-state index is 0.0107. The van der Waals surface area contributed by atoms with Crippen LogP contribution in [-0.2, 0) is 6.42 Å². The smallest absolute Gasteiger partial charge is 0.0500 e. The number of aryl methyl sites for hydroxylation is 1. The first kappa shape index (κ1) is 14.4. The lowest BCUT2D eigenvalue weighted by Crippen LogP contribution is -2.29. The van der Waals surface area contributed by atoms with Crippen molar-refractivity contribution >= 4 is 23.2 Å². The molecule has 1 unspecified atom stereocenters. The molecule has 100 valence electrons. The summed E-state index contributed by atoms with van der Waals surface area (Å²) in [5.41, 5.74) is 6.09. The average molecular weight is 295 g/mol. The number of hydrogen-bond acceptors (Lipinski definition) is 2. The Morgan fingerprint density at radius 2 is 1.95 bits per heavy atom. The highest BCUT2D eigenvalue weighted by Gasteiger charge is 2.12. The van der Waals surface area contributed by atoms with Crippen molar-refractivity contribution in [2.24, 2.45) is 5.84 Å². The van der Waals surface area contributed by atoms with Gasteiger partial charge in [0.25, 0.3) is 0 Å². The van der Waals surface area contributed by atoms with Crippen LogP contribution >= 0.6 is 23.2 Å². The highest BCUT2D eigenvalue weighted by molar-refractivity contribution is 6.31. The van der Waals surface area contributed by atoms with E-state index in [2.05, 4.69) is 5.43 Å². The van der Waals surface area contributed by atoms with Gasteiger partial charge in [0.15, 0.2) is 0 Å². The highest BCUT2D eigenvalue weighted by atomic mass is 35.5. The zero-order valence-corrected chi connectivity index (χ0v) is 12.2. The Morgan fingerprint density at radius 1 is 1.16 bits per heavy atom. The van der Waals surface area contributed by atoms with Gasteiger partial charge in [-0.1, -0.05) is 47.5 Å². The van der Waals surface area contributed by atoms with Crippen molar-refractivity contribution in [1.29, 1.82) is 0 Å². The third-order valence-corrected chi connectivity index (χ3v) is 3.77. The second-order valence-corrected chi connectivity index (χ2v) is 5.41. The van der Waals surface area contributed by atoms with E-state index in [1.165, 1.54) is 0 Å². The standard InChI is InChI=1S/C15H16Cl2N2/c1-10-5-6-12(9-14(10)17)15(19-18)8-11-3-2-4-13(16)7-11/h2-7,9,15,19H,8,18H2,1H3. The summed E-state index contributed by atoms with van der Waals surface area (Å²) < 4.78 is 0. The van der Waals surface area contributed by atoms with Crippen molar-refractivity contribution in [2.75, 3.05) is 0 Å². The third-order valence-electron chi connectivity index (χ3n) is 3.13. The summed E-state index contributed by atoms with van der Waals surface area (Å²) >= 11 is 12.1. The molecule has 19 heavy (non-hydrogen) atoms. The Bertz CT molecular complexity index is 570. The van der Waals surface area contributed by atoms with Gasteiger partial charge in [-0.05, 0) is 48.2 Å². The van der Waals surface area contributed by atoms with Crippen LogP contribution in [0.25, 0.3) is 0 Å². The van der Waals surface area contributed by atoms with Gasteiger partial charge in [-0.2, -0.15) is 0 Å². The zero-order valence-electron chi connectivity index (χ0n) is 10.7. The van der Waals surface area contributed by atoms with Gasteiger partial charge in [0.05, 0.1) is 6.04 Å². The van der Waals surface area contributed by atoms with Crippen LogP contribution in [0.3, 0.4) is 0 Å². The lowest BCUT2D eigenvalue weighted by molar-refractivity contribution is 0.552. The SMILES string of the molecule is Cc1ccc(C(Cc2cccc(Cl)c2)NN)cc1Cl. The number of benzene rings is 2. The van der Waals surface area contributed by atoms with Gasteiger partial charge in [-0.15, -0.1) is 0 Å². The molecule has 2 aromatic rings. The average Bonchev–Trinajstić information content (AvgIpc) is 2.39. The number of halogens is 2. The van der Waals surface area contributed by atoms with E-state index in [9.17, 15) is 0 Å². The predicted octanol–water partition coefficient (Wildman–Crippen LogP) is 4.05. The van der Waals surface area contributed by atoms with Crippen LogP contribution in [0.15, 0.2) is 42.5 Å². The monoisotopic (exact) mass is 294 g/mol. The summed E-state index contributed by atoms with van der Waals surface area (Å²) in [5, 5.41) is 1.49. The third kappa shape index (κ3) is 3.71. The molecule has 0 radical (unpaired) electrons. The fourth-order valence-corrected chi connectivity index (χ4v) is 2.40. The molecule has 2 rings (SSSR count). The summed E-state index contributed by atoms with van der Waals surface area (Å²) in [6.07, 6.45) is 0.760. The number of hydrazine groups is 1. The van der Waals surface area contributed by atoms with Gasteiger partial charge >= 0.3 is 0 Å². The molecular weight excluding hydrogens is 279 g/mol. The van der Waals surface area contributed by atoms with Crippen molar-refractivity contribution in [3.8, 4) is 0 Å². The molecule has 0 fully saturated rings. The van der Waals surface area contributed by atoms with E-state index in [0.717, 1.165) is 33.2 Å². The second-order valence-electron chi connectivity index (χ2n) is 4.56. The number of nitrogens with two attached hydrogens (primary N) is 1. The van der Waals surface area contributed by atoms with E-state index in [1.807, 2.05) is 49.4 Å². The Kier molecular flexibility index (Phi) is 4.83. The van der Waals surface area contributed by atoms with Crippen LogP contribution in [0.2, 0.25) is 10.0 Å². The Labute approximate surface area is 123 Å². The molecule has 4 heteroatoms. The van der Waals surface area contributed by atoms with Crippen LogP contribution in [-0.4, -0.2) is 0 Å². The largest absolute Gasteiger partial charge is 0.271 e. The fourth-order valence-electron chi connectivity index (χ4n) is 2.00. The number of nitrogens with one attached hydrogen (secondary N) is 1. The molecule has 0 bridgehead atoms. The number of hydrogen-bond donors (Lipinski definition) is 2. The van der Waals surface area contributed by atoms with Gasteiger partial charge in [-0.3, -0.25) is 11.3 Å². The molecule has 0 aromatic heterocycles. The molecule has 0 amide bonds. The minimum absolute atomic E-state index is 0.0107. The topological polar surface area (TPSA) is 38.0 Å². The molecule has 0 saturated carbocycles. The molecule has 0 spiro atoms. The van der Waals surface area contributed by atoms with Gasteiger partial charge < -0.3 is 0 Å². The van der Waals surface area contributed by atoms with Crippen LogP contribution in [0, 0.1) is 6.92 Å². The van der Waals surface area contributed by atoms with Gasteiger partial charge in [-0.25, -0.2) is 0 Å². The van der Waals surface area contributed by atoms with Crippen LogP contribution < -0.4 is 11.3 Å². The lowest BCUT2D eigenvalue weighted by atomic mass is 9.98. The minimum Gasteiger partial charge on any atom is -0.271 e. The fraction of sp³-hybridized carbons (Fsp3) is 0.200. The van der Waals surface area contributed by atoms with Gasteiger partial charge in [0.1, 0.15) is 0 Å². The molecule has 2 aromatic carbocycles. The van der Waals surface area contributed by atoms with E-state index in [-0.39, 0.29) is 6.04 Å². The first-order chi connectivity index (χ1) is 9.10. The van der Waals surface area contributed by atoms with E-state index < -0.39 is 0 Å². The van der Waals surface area contributed by atoms with Crippen LogP contribution in [0.5, 0.6) is 0 Å². The predicted molar refractivity (Wildman–Crippen MR) is 81.4 cm³/mol. The van der Waals surface area contributed by atoms with Crippen molar-refractivity contribution in [1.82, 2.24) is 5.43 Å². The quantitative estimate of drug-likeness (QED) is 0.659. The first-order valence-electron chi connectivity index (χ1n) is 6.07. The van der Waals surface area contributed by atoms with E-state index >= 15 is 0 Å². The van der Waals surface area contributed by atoms with Crippen molar-refractivity contribution in [2.45, 2.75) is 19.4 Å². The number of rotatable bonds is 4. The van der Waals surface area contributed by atoms with Crippen molar-refractivity contribution in [3.63, 3.8) is 0 Å². The zero-order chi connectivity index (χ0) is 13.8. The molecule has 0 aliphatic carbocycles. The van der Waals surface area contributed by atoms with Crippen LogP contribution in [0.1, 0.15) is 22.7 Å². The Morgan fingerprint density at radius 3 is 2.58 bits per heavy atom. The molecule has 1 atom stereocenters. The molecule has 0 heterocycles. The summed E-state index contributed by atoms with van der Waals surface area (Å²) in [4.78, 5) is 0. The van der Waals surface area contributed by atoms with E-state index in [0.29, 0.717) is 0 Å². The lowest BCUT2D eigenvalue weighted by Gasteiger charge is -2.17. The van der Waals surface area contributed by atoms with Gasteiger partial charge in [0, 0.05) is 10.0 Å². The summed E-state index contributed by atoms with van der Waals surface area (Å²) in [5.74, 6) is 5.65. The molecule has 0 saturated heterocycles. The molecule has 0 aliphatic rings. The Hall–Kier alpha value is -1.06. The molecule has 3 N–H and O–H groups in total. The first-order valence-corrected chi connectivity index (χ1v) is 6.82. The molecule has 2 nitrogen and oxygen atoms in total. The highest BCUT2D eigenvalue weighted by Crippen LogP contribution is 2.24. The summed E-state index contributed by atoms with van der Waals surface area (Å²) in [6.45, 7) is 1.98. The van der Waals surface area contributed by atoms with Crippen molar-refractivity contribution in [3.05, 3.63) is 69.2 Å². The van der Waals surface area contributed by atoms with Gasteiger partial charge in [0.2, 0.25) is 0 Å². The van der Waals surface area contributed by atoms with Crippen LogP contribution in [0.4, 0.5) is 0 Å². The molecular formula is C15H16Cl2N2. The second kappa shape index (κ2) is 6.40. The Balaban J connectivity index is 2.22.